The second kappa shape index (κ2) is 8.60. The third-order valence-corrected chi connectivity index (χ3v) is 8.63. The lowest BCUT2D eigenvalue weighted by molar-refractivity contribution is 0.809. The molecule has 0 amide bonds. The normalized spacial score (nSPS) is 17.8. The van der Waals surface area contributed by atoms with Crippen molar-refractivity contribution < 1.29 is 0 Å². The summed E-state index contributed by atoms with van der Waals surface area (Å²) >= 11 is 0. The summed E-state index contributed by atoms with van der Waals surface area (Å²) in [7, 11) is 0. The lowest BCUT2D eigenvalue weighted by Crippen LogP contribution is -2.17. The number of allylic oxidation sites excluding steroid dienone is 8. The molecular weight excluding hydrogens is 444 g/mol. The van der Waals surface area contributed by atoms with Gasteiger partial charge in [0.1, 0.15) is 0 Å². The SMILES string of the molecule is CCc1cccc(C2=C3C(=C(c4cccc(CC)c4)[C@@H]4CC=CC=C24)c2ccc(C)c4cccc3c24)c1. The van der Waals surface area contributed by atoms with E-state index in [-0.39, 0.29) is 0 Å². The molecule has 1 atom stereocenters. The summed E-state index contributed by atoms with van der Waals surface area (Å²) in [5, 5.41) is 2.80. The minimum absolute atomic E-state index is 0.349. The van der Waals surface area contributed by atoms with Crippen LogP contribution < -0.4 is 0 Å². The maximum atomic E-state index is 2.44. The maximum absolute atomic E-state index is 2.44. The molecule has 0 radical (unpaired) electrons. The van der Waals surface area contributed by atoms with E-state index in [1.165, 1.54) is 77.6 Å². The molecule has 37 heavy (non-hydrogen) atoms. The van der Waals surface area contributed by atoms with Crippen LogP contribution in [0.2, 0.25) is 0 Å². The van der Waals surface area contributed by atoms with E-state index in [1.54, 1.807) is 0 Å². The minimum atomic E-state index is 0.349. The fraction of sp³-hybridized carbons (Fsp3) is 0.189. The van der Waals surface area contributed by atoms with Crippen molar-refractivity contribution >= 4 is 33.1 Å². The molecule has 4 aromatic rings. The molecule has 0 nitrogen and oxygen atoms in total. The summed E-state index contributed by atoms with van der Waals surface area (Å²) in [6.07, 6.45) is 10.2. The quantitative estimate of drug-likeness (QED) is 0.275. The van der Waals surface area contributed by atoms with E-state index in [0.717, 1.165) is 19.3 Å². The second-order valence-electron chi connectivity index (χ2n) is 10.6. The Morgan fingerprint density at radius 3 is 2.19 bits per heavy atom. The standard InChI is InChI=1S/C37H32/c1-4-24-11-8-13-26(21-24)33-29-15-6-7-16-30(29)34(27-14-9-12-25(5-2)22-27)37-32-20-19-23(3)28-17-10-18-31(35(28)32)36(33)37/h6-15,17-22,30H,4-5,16H2,1-3H3/t30-/m1/s1. The average molecular weight is 477 g/mol. The highest BCUT2D eigenvalue weighted by molar-refractivity contribution is 6.35. The third kappa shape index (κ3) is 3.28. The van der Waals surface area contributed by atoms with Gasteiger partial charge in [0.25, 0.3) is 0 Å². The minimum Gasteiger partial charge on any atom is -0.0836 e. The van der Waals surface area contributed by atoms with Gasteiger partial charge < -0.3 is 0 Å². The topological polar surface area (TPSA) is 0 Å². The van der Waals surface area contributed by atoms with Crippen LogP contribution in [0, 0.1) is 12.8 Å². The summed E-state index contributed by atoms with van der Waals surface area (Å²) in [5.41, 5.74) is 16.9. The fourth-order valence-electron chi connectivity index (χ4n) is 6.82. The molecule has 0 heterocycles. The molecule has 0 N–H and O–H groups in total. The molecule has 3 aliphatic rings. The van der Waals surface area contributed by atoms with Crippen LogP contribution in [0.5, 0.6) is 0 Å². The molecule has 0 saturated carbocycles. The van der Waals surface area contributed by atoms with Gasteiger partial charge in [-0.3, -0.25) is 0 Å². The van der Waals surface area contributed by atoms with Crippen LogP contribution in [-0.4, -0.2) is 0 Å². The Hall–Kier alpha value is -3.90. The summed E-state index contributed by atoms with van der Waals surface area (Å²) < 4.78 is 0. The molecule has 0 aromatic heterocycles. The van der Waals surface area contributed by atoms with Gasteiger partial charge >= 0.3 is 0 Å². The molecule has 3 aliphatic carbocycles. The Morgan fingerprint density at radius 1 is 0.703 bits per heavy atom. The van der Waals surface area contributed by atoms with Crippen LogP contribution in [0.15, 0.2) is 103 Å². The number of hydrogen-bond donors (Lipinski definition) is 0. The Labute approximate surface area is 220 Å². The van der Waals surface area contributed by atoms with Gasteiger partial charge in [0.2, 0.25) is 0 Å². The van der Waals surface area contributed by atoms with Crippen LogP contribution in [0.25, 0.3) is 33.1 Å². The van der Waals surface area contributed by atoms with Gasteiger partial charge in [-0.05, 0) is 104 Å². The largest absolute Gasteiger partial charge is 0.0836 e. The van der Waals surface area contributed by atoms with E-state index in [4.69, 9.17) is 0 Å². The molecule has 0 heteroatoms. The summed E-state index contributed by atoms with van der Waals surface area (Å²) in [6, 6.07) is 30.2. The van der Waals surface area contributed by atoms with Gasteiger partial charge in [-0.2, -0.15) is 0 Å². The van der Waals surface area contributed by atoms with Gasteiger partial charge in [-0.25, -0.2) is 0 Å². The van der Waals surface area contributed by atoms with E-state index in [1.807, 2.05) is 0 Å². The van der Waals surface area contributed by atoms with Gasteiger partial charge in [0.15, 0.2) is 0 Å². The van der Waals surface area contributed by atoms with Gasteiger partial charge in [0.05, 0.1) is 0 Å². The van der Waals surface area contributed by atoms with Crippen LogP contribution >= 0.6 is 0 Å². The number of benzene rings is 4. The Kier molecular flexibility index (Phi) is 5.18. The average Bonchev–Trinajstić information content (AvgIpc) is 3.28. The first-order valence-electron chi connectivity index (χ1n) is 13.8. The lowest BCUT2D eigenvalue weighted by Gasteiger charge is -2.35. The van der Waals surface area contributed by atoms with Crippen molar-refractivity contribution in [2.24, 2.45) is 5.92 Å². The molecule has 0 fully saturated rings. The molecule has 0 saturated heterocycles. The van der Waals surface area contributed by atoms with Gasteiger partial charge in [0, 0.05) is 5.92 Å². The first-order chi connectivity index (χ1) is 18.2. The zero-order chi connectivity index (χ0) is 25.1. The first-order valence-corrected chi connectivity index (χ1v) is 13.8. The van der Waals surface area contributed by atoms with Crippen molar-refractivity contribution in [3.8, 4) is 0 Å². The van der Waals surface area contributed by atoms with Crippen LogP contribution in [-0.2, 0) is 12.8 Å². The van der Waals surface area contributed by atoms with Crippen molar-refractivity contribution in [2.75, 3.05) is 0 Å². The molecule has 180 valence electrons. The Balaban J connectivity index is 1.67. The molecule has 0 aliphatic heterocycles. The lowest BCUT2D eigenvalue weighted by atomic mass is 9.68. The first kappa shape index (κ1) is 22.3. The number of hydrogen-bond acceptors (Lipinski definition) is 0. The molecule has 7 rings (SSSR count). The maximum Gasteiger partial charge on any atom is 0.0143 e. The number of rotatable bonds is 4. The Bertz CT molecular complexity index is 1720. The second-order valence-corrected chi connectivity index (χ2v) is 10.6. The van der Waals surface area contributed by atoms with Crippen molar-refractivity contribution in [1.82, 2.24) is 0 Å². The summed E-state index contributed by atoms with van der Waals surface area (Å²) in [4.78, 5) is 0. The van der Waals surface area contributed by atoms with Crippen molar-refractivity contribution in [3.63, 3.8) is 0 Å². The highest BCUT2D eigenvalue weighted by Gasteiger charge is 2.39. The molecule has 0 bridgehead atoms. The van der Waals surface area contributed by atoms with E-state index in [9.17, 15) is 0 Å². The molecular formula is C37H32. The predicted molar refractivity (Wildman–Crippen MR) is 159 cm³/mol. The van der Waals surface area contributed by atoms with Crippen LogP contribution in [0.3, 0.4) is 0 Å². The zero-order valence-corrected chi connectivity index (χ0v) is 21.9. The van der Waals surface area contributed by atoms with E-state index in [0.29, 0.717) is 5.92 Å². The van der Waals surface area contributed by atoms with Crippen LogP contribution in [0.1, 0.15) is 59.2 Å². The molecule has 0 spiro atoms. The third-order valence-electron chi connectivity index (χ3n) is 8.63. The predicted octanol–water partition coefficient (Wildman–Crippen LogP) is 9.62. The number of fused-ring (bicyclic) bond motifs is 4. The van der Waals surface area contributed by atoms with E-state index in [2.05, 4.69) is 118 Å². The fourth-order valence-corrected chi connectivity index (χ4v) is 6.82. The summed E-state index contributed by atoms with van der Waals surface area (Å²) in [6.45, 7) is 6.75. The highest BCUT2D eigenvalue weighted by Crippen LogP contribution is 2.60. The van der Waals surface area contributed by atoms with Crippen molar-refractivity contribution in [1.29, 1.82) is 0 Å². The van der Waals surface area contributed by atoms with Crippen LogP contribution in [0.4, 0.5) is 0 Å². The molecule has 4 aromatic carbocycles. The van der Waals surface area contributed by atoms with Gasteiger partial charge in [-0.15, -0.1) is 0 Å². The van der Waals surface area contributed by atoms with Crippen molar-refractivity contribution in [2.45, 2.75) is 40.0 Å². The van der Waals surface area contributed by atoms with E-state index >= 15 is 0 Å². The highest BCUT2D eigenvalue weighted by atomic mass is 14.4. The summed E-state index contributed by atoms with van der Waals surface area (Å²) in [5.74, 6) is 0.349. The Morgan fingerprint density at radius 2 is 1.41 bits per heavy atom. The van der Waals surface area contributed by atoms with E-state index < -0.39 is 0 Å². The molecule has 0 unspecified atom stereocenters. The zero-order valence-electron chi connectivity index (χ0n) is 21.9. The monoisotopic (exact) mass is 476 g/mol. The van der Waals surface area contributed by atoms with Gasteiger partial charge in [-0.1, -0.05) is 111 Å². The van der Waals surface area contributed by atoms with Crippen molar-refractivity contribution in [3.05, 3.63) is 142 Å². The number of aryl methyl sites for hydroxylation is 3. The smallest absolute Gasteiger partial charge is 0.0143 e.